The number of rotatable bonds is 5. The maximum atomic E-state index is 10.8. The van der Waals surface area contributed by atoms with Gasteiger partial charge in [-0.05, 0) is 12.1 Å². The van der Waals surface area contributed by atoms with Crippen LogP contribution in [0.4, 0.5) is 0 Å². The van der Waals surface area contributed by atoms with Crippen molar-refractivity contribution < 1.29 is 29.3 Å². The first-order chi connectivity index (χ1) is 8.20. The van der Waals surface area contributed by atoms with E-state index in [-0.39, 0.29) is 11.3 Å². The van der Waals surface area contributed by atoms with Gasteiger partial charge in [0.05, 0.1) is 26.7 Å². The Morgan fingerprint density at radius 1 is 1.28 bits per heavy atom. The molecule has 100 valence electrons. The van der Waals surface area contributed by atoms with Gasteiger partial charge in [-0.25, -0.2) is 4.79 Å². The summed E-state index contributed by atoms with van der Waals surface area (Å²) in [4.78, 5) is 10.8. The van der Waals surface area contributed by atoms with Crippen molar-refractivity contribution in [2.75, 3.05) is 34.3 Å². The highest BCUT2D eigenvalue weighted by atomic mass is 16.5. The Morgan fingerprint density at radius 3 is 2.39 bits per heavy atom. The van der Waals surface area contributed by atoms with Gasteiger partial charge in [-0.3, -0.25) is 0 Å². The molecule has 0 aliphatic carbocycles. The molecule has 0 aliphatic heterocycles. The third kappa shape index (κ3) is 3.81. The molecule has 1 aromatic carbocycles. The summed E-state index contributed by atoms with van der Waals surface area (Å²) in [5, 5.41) is 27.8. The second-order valence-electron chi connectivity index (χ2n) is 5.01. The Morgan fingerprint density at radius 2 is 1.89 bits per heavy atom. The number of hydrogen-bond acceptors (Lipinski definition) is 4. The van der Waals surface area contributed by atoms with Gasteiger partial charge in [-0.1, -0.05) is 0 Å². The predicted octanol–water partition coefficient (Wildman–Crippen LogP) is 0.881. The van der Waals surface area contributed by atoms with E-state index in [1.165, 1.54) is 6.07 Å². The molecule has 0 fully saturated rings. The number of likely N-dealkylation sites (N-methyl/N-ethyl adjacent to an activating group) is 1. The highest BCUT2D eigenvalue weighted by Gasteiger charge is 2.15. The van der Waals surface area contributed by atoms with E-state index in [4.69, 9.17) is 9.84 Å². The third-order valence-corrected chi connectivity index (χ3v) is 2.32. The average Bonchev–Trinajstić information content (AvgIpc) is 2.21. The lowest BCUT2D eigenvalue weighted by atomic mass is 10.2. The van der Waals surface area contributed by atoms with Crippen LogP contribution in [0.15, 0.2) is 12.1 Å². The van der Waals surface area contributed by atoms with E-state index in [1.54, 1.807) is 0 Å². The van der Waals surface area contributed by atoms with Crippen molar-refractivity contribution in [2.24, 2.45) is 0 Å². The molecule has 0 bridgehead atoms. The van der Waals surface area contributed by atoms with Crippen molar-refractivity contribution in [3.63, 3.8) is 0 Å². The van der Waals surface area contributed by atoms with Gasteiger partial charge in [-0.2, -0.15) is 0 Å². The maximum Gasteiger partial charge on any atom is 0.335 e. The van der Waals surface area contributed by atoms with Crippen LogP contribution < -0.4 is 4.74 Å². The predicted molar refractivity (Wildman–Crippen MR) is 65.1 cm³/mol. The quantitative estimate of drug-likeness (QED) is 0.538. The van der Waals surface area contributed by atoms with Crippen LogP contribution in [0, 0.1) is 0 Å². The smallest absolute Gasteiger partial charge is 0.335 e. The summed E-state index contributed by atoms with van der Waals surface area (Å²) >= 11 is 0. The largest absolute Gasteiger partial charge is 0.504 e. The number of hydrogen-bond donors (Lipinski definition) is 3. The van der Waals surface area contributed by atoms with Crippen LogP contribution in [0.3, 0.4) is 0 Å². The Kier molecular flexibility index (Phi) is 4.03. The fourth-order valence-electron chi connectivity index (χ4n) is 1.26. The number of aromatic carboxylic acids is 1. The summed E-state index contributed by atoms with van der Waals surface area (Å²) < 4.78 is 5.97. The molecule has 1 aromatic rings. The van der Waals surface area contributed by atoms with E-state index < -0.39 is 17.5 Å². The standard InChI is InChI=1S/C12H17NO5/c1-13(2,3)4-5-18-10-7-8(12(16)17)6-9(14)11(10)15/h6-7H,4-5H2,1-3H3,(H2-,14,15,16,17)/p+1. The number of nitrogens with zero attached hydrogens (tertiary/aromatic N) is 1. The molecule has 0 aromatic heterocycles. The van der Waals surface area contributed by atoms with E-state index in [9.17, 15) is 15.0 Å². The van der Waals surface area contributed by atoms with Crippen LogP contribution in [-0.4, -0.2) is 60.1 Å². The van der Waals surface area contributed by atoms with Gasteiger partial charge in [0.2, 0.25) is 5.75 Å². The van der Waals surface area contributed by atoms with Gasteiger partial charge >= 0.3 is 5.97 Å². The molecule has 1 rings (SSSR count). The Labute approximate surface area is 105 Å². The number of benzene rings is 1. The van der Waals surface area contributed by atoms with E-state index >= 15 is 0 Å². The summed E-state index contributed by atoms with van der Waals surface area (Å²) in [6, 6.07) is 2.16. The number of aromatic hydroxyl groups is 2. The molecule has 0 saturated carbocycles. The highest BCUT2D eigenvalue weighted by Crippen LogP contribution is 2.36. The van der Waals surface area contributed by atoms with E-state index in [0.29, 0.717) is 17.6 Å². The van der Waals surface area contributed by atoms with Crippen LogP contribution in [0.25, 0.3) is 0 Å². The zero-order valence-electron chi connectivity index (χ0n) is 10.7. The maximum absolute atomic E-state index is 10.8. The number of phenolic OH excluding ortho intramolecular Hbond substituents is 2. The summed E-state index contributed by atoms with van der Waals surface area (Å²) in [6.07, 6.45) is 0. The monoisotopic (exact) mass is 256 g/mol. The second kappa shape index (κ2) is 5.14. The van der Waals surface area contributed by atoms with Crippen molar-refractivity contribution in [1.82, 2.24) is 0 Å². The van der Waals surface area contributed by atoms with Crippen LogP contribution in [0.1, 0.15) is 10.4 Å². The zero-order valence-corrected chi connectivity index (χ0v) is 10.7. The molecule has 0 aliphatic rings. The van der Waals surface area contributed by atoms with Gasteiger partial charge in [0.1, 0.15) is 13.2 Å². The topological polar surface area (TPSA) is 87.0 Å². The first-order valence-electron chi connectivity index (χ1n) is 5.43. The summed E-state index contributed by atoms with van der Waals surface area (Å²) in [6.45, 7) is 0.983. The minimum Gasteiger partial charge on any atom is -0.504 e. The Bertz CT molecular complexity index is 451. The number of carboxylic acids is 1. The molecule has 0 radical (unpaired) electrons. The molecule has 0 atom stereocenters. The van der Waals surface area contributed by atoms with Crippen LogP contribution >= 0.6 is 0 Å². The second-order valence-corrected chi connectivity index (χ2v) is 5.01. The number of phenols is 2. The van der Waals surface area contributed by atoms with E-state index in [0.717, 1.165) is 6.07 Å². The molecular formula is C12H18NO5+. The number of quaternary nitrogens is 1. The number of carboxylic acid groups (broad SMARTS) is 1. The minimum absolute atomic E-state index is 0.0270. The molecule has 0 heterocycles. The molecule has 0 amide bonds. The van der Waals surface area contributed by atoms with Crippen molar-refractivity contribution in [2.45, 2.75) is 0 Å². The molecule has 6 heteroatoms. The molecule has 0 unspecified atom stereocenters. The molecular weight excluding hydrogens is 238 g/mol. The first-order valence-corrected chi connectivity index (χ1v) is 5.43. The molecule has 6 nitrogen and oxygen atoms in total. The van der Waals surface area contributed by atoms with Crippen molar-refractivity contribution in [3.8, 4) is 17.2 Å². The summed E-state index contributed by atoms with van der Waals surface area (Å²) in [5.41, 5.74) is -0.134. The average molecular weight is 256 g/mol. The number of carbonyl (C=O) groups is 1. The third-order valence-electron chi connectivity index (χ3n) is 2.32. The minimum atomic E-state index is -1.19. The fraction of sp³-hybridized carbons (Fsp3) is 0.417. The molecule has 3 N–H and O–H groups in total. The lowest BCUT2D eigenvalue weighted by Crippen LogP contribution is -2.38. The van der Waals surface area contributed by atoms with Crippen LogP contribution in [0.2, 0.25) is 0 Å². The van der Waals surface area contributed by atoms with Gasteiger partial charge < -0.3 is 24.5 Å². The van der Waals surface area contributed by atoms with Crippen molar-refractivity contribution in [1.29, 1.82) is 0 Å². The van der Waals surface area contributed by atoms with E-state index in [1.807, 2.05) is 21.1 Å². The van der Waals surface area contributed by atoms with Crippen LogP contribution in [0.5, 0.6) is 17.2 Å². The Balaban J connectivity index is 2.85. The van der Waals surface area contributed by atoms with Crippen LogP contribution in [-0.2, 0) is 0 Å². The molecule has 18 heavy (non-hydrogen) atoms. The highest BCUT2D eigenvalue weighted by molar-refractivity contribution is 5.89. The fourth-order valence-corrected chi connectivity index (χ4v) is 1.26. The lowest BCUT2D eigenvalue weighted by molar-refractivity contribution is -0.870. The summed E-state index contributed by atoms with van der Waals surface area (Å²) in [5.74, 6) is -2.17. The van der Waals surface area contributed by atoms with Gasteiger partial charge in [0.25, 0.3) is 0 Å². The van der Waals surface area contributed by atoms with E-state index in [2.05, 4.69) is 0 Å². The lowest BCUT2D eigenvalue weighted by Gasteiger charge is -2.23. The Hall–Kier alpha value is -1.95. The molecule has 0 spiro atoms. The number of ether oxygens (including phenoxy) is 1. The summed E-state index contributed by atoms with van der Waals surface area (Å²) in [7, 11) is 5.94. The van der Waals surface area contributed by atoms with Gasteiger partial charge in [0, 0.05) is 0 Å². The van der Waals surface area contributed by atoms with Crippen molar-refractivity contribution >= 4 is 5.97 Å². The van der Waals surface area contributed by atoms with Gasteiger partial charge in [-0.15, -0.1) is 0 Å². The van der Waals surface area contributed by atoms with Crippen molar-refractivity contribution in [3.05, 3.63) is 17.7 Å². The molecule has 0 saturated heterocycles. The first kappa shape index (κ1) is 14.1. The normalized spacial score (nSPS) is 11.3. The SMILES string of the molecule is C[N+](C)(C)CCOc1cc(C(=O)O)cc(O)c1O. The zero-order chi connectivity index (χ0) is 13.9. The van der Waals surface area contributed by atoms with Gasteiger partial charge in [0.15, 0.2) is 11.5 Å².